The molecule has 0 saturated carbocycles. The highest BCUT2D eigenvalue weighted by Gasteiger charge is 2.42. The highest BCUT2D eigenvalue weighted by Crippen LogP contribution is 2.45. The summed E-state index contributed by atoms with van der Waals surface area (Å²) >= 11 is 0. The molecule has 2 heterocycles. The molecule has 118 valence electrons. The van der Waals surface area contributed by atoms with E-state index in [-0.39, 0.29) is 24.1 Å². The molecular formula is C18H18N2O3. The number of carbonyl (C=O) groups excluding carboxylic acids is 2. The Bertz CT molecular complexity index is 773. The first-order valence-electron chi connectivity index (χ1n) is 7.74. The van der Waals surface area contributed by atoms with Crippen molar-refractivity contribution in [2.24, 2.45) is 0 Å². The highest BCUT2D eigenvalue weighted by molar-refractivity contribution is 6.13. The molecule has 0 radical (unpaired) electrons. The fraction of sp³-hybridized carbons (Fsp3) is 0.389. The number of nitriles is 1. The third-order valence-corrected chi connectivity index (χ3v) is 4.55. The molecule has 5 nitrogen and oxygen atoms in total. The number of hydrogen-bond acceptors (Lipinski definition) is 4. The number of hydrogen-bond donors (Lipinski definition) is 0. The van der Waals surface area contributed by atoms with Crippen LogP contribution in [-0.4, -0.2) is 24.5 Å². The number of nitrogens with zero attached hydrogens (tertiary/aromatic N) is 2. The monoisotopic (exact) mass is 310 g/mol. The van der Waals surface area contributed by atoms with E-state index >= 15 is 0 Å². The van der Waals surface area contributed by atoms with Gasteiger partial charge in [-0.25, -0.2) is 0 Å². The first-order valence-corrected chi connectivity index (χ1v) is 7.74. The molecule has 3 rings (SSSR count). The van der Waals surface area contributed by atoms with Gasteiger partial charge in [-0.05, 0) is 43.9 Å². The Kier molecular flexibility index (Phi) is 3.69. The fourth-order valence-corrected chi connectivity index (χ4v) is 3.57. The van der Waals surface area contributed by atoms with Crippen LogP contribution in [0.4, 0.5) is 5.69 Å². The van der Waals surface area contributed by atoms with Gasteiger partial charge in [0.2, 0.25) is 0 Å². The van der Waals surface area contributed by atoms with Gasteiger partial charge in [0, 0.05) is 6.04 Å². The standard InChI is InChI=1S/C18H18N2O3/c1-4-23-18(22)15-11(3)14(9-19)17(21)20-10(2)8-12-6-5-7-13(15)16(12)20/h5-7,10,15H,4,8H2,1-3H3. The number of benzene rings is 1. The van der Waals surface area contributed by atoms with Gasteiger partial charge in [0.25, 0.3) is 5.91 Å². The number of esters is 1. The maximum Gasteiger partial charge on any atom is 0.317 e. The van der Waals surface area contributed by atoms with Gasteiger partial charge in [-0.3, -0.25) is 9.59 Å². The maximum absolute atomic E-state index is 12.8. The van der Waals surface area contributed by atoms with E-state index < -0.39 is 11.9 Å². The van der Waals surface area contributed by atoms with Gasteiger partial charge in [0.15, 0.2) is 0 Å². The zero-order chi connectivity index (χ0) is 16.7. The van der Waals surface area contributed by atoms with Crippen molar-refractivity contribution in [3.05, 3.63) is 40.5 Å². The minimum Gasteiger partial charge on any atom is -0.465 e. The van der Waals surface area contributed by atoms with Crippen LogP contribution < -0.4 is 4.90 Å². The molecule has 0 fully saturated rings. The van der Waals surface area contributed by atoms with Crippen LogP contribution >= 0.6 is 0 Å². The van der Waals surface area contributed by atoms with Crippen LogP contribution in [-0.2, 0) is 20.7 Å². The van der Waals surface area contributed by atoms with Crippen molar-refractivity contribution in [1.29, 1.82) is 5.26 Å². The quantitative estimate of drug-likeness (QED) is 0.787. The van der Waals surface area contributed by atoms with E-state index in [1.807, 2.05) is 31.2 Å². The molecule has 0 saturated heterocycles. The minimum atomic E-state index is -0.709. The molecule has 1 amide bonds. The summed E-state index contributed by atoms with van der Waals surface area (Å²) in [6.45, 7) is 5.63. The second-order valence-corrected chi connectivity index (χ2v) is 5.94. The van der Waals surface area contributed by atoms with E-state index in [9.17, 15) is 14.9 Å². The molecule has 2 aliphatic heterocycles. The SMILES string of the molecule is CCOC(=O)C1C(C)=C(C#N)C(=O)N2c3c(cccc31)CC2C. The predicted octanol–water partition coefficient (Wildman–Crippen LogP) is 2.46. The van der Waals surface area contributed by atoms with E-state index in [0.29, 0.717) is 5.57 Å². The van der Waals surface area contributed by atoms with Crippen molar-refractivity contribution in [2.75, 3.05) is 11.5 Å². The third kappa shape index (κ3) is 2.14. The predicted molar refractivity (Wildman–Crippen MR) is 84.8 cm³/mol. The van der Waals surface area contributed by atoms with Crippen molar-refractivity contribution in [2.45, 2.75) is 39.2 Å². The van der Waals surface area contributed by atoms with Gasteiger partial charge < -0.3 is 9.64 Å². The lowest BCUT2D eigenvalue weighted by Crippen LogP contribution is -2.36. The Morgan fingerprint density at radius 3 is 2.87 bits per heavy atom. The van der Waals surface area contributed by atoms with E-state index in [1.165, 1.54) is 0 Å². The van der Waals surface area contributed by atoms with Crippen molar-refractivity contribution < 1.29 is 14.3 Å². The van der Waals surface area contributed by atoms with E-state index in [0.717, 1.165) is 23.2 Å². The summed E-state index contributed by atoms with van der Waals surface area (Å²) in [5.74, 6) is -1.45. The molecule has 23 heavy (non-hydrogen) atoms. The summed E-state index contributed by atoms with van der Waals surface area (Å²) in [7, 11) is 0. The van der Waals surface area contributed by atoms with Gasteiger partial charge in [-0.15, -0.1) is 0 Å². The number of anilines is 1. The van der Waals surface area contributed by atoms with Crippen LogP contribution in [0.3, 0.4) is 0 Å². The summed E-state index contributed by atoms with van der Waals surface area (Å²) in [5, 5.41) is 9.47. The van der Waals surface area contributed by atoms with Crippen LogP contribution in [0.2, 0.25) is 0 Å². The summed E-state index contributed by atoms with van der Waals surface area (Å²) < 4.78 is 5.20. The topological polar surface area (TPSA) is 70.4 Å². The average molecular weight is 310 g/mol. The van der Waals surface area contributed by atoms with Crippen LogP contribution in [0.5, 0.6) is 0 Å². The van der Waals surface area contributed by atoms with Gasteiger partial charge in [-0.1, -0.05) is 18.2 Å². The normalized spacial score (nSPS) is 22.5. The Balaban J connectivity index is 2.30. The highest BCUT2D eigenvalue weighted by atomic mass is 16.5. The lowest BCUT2D eigenvalue weighted by atomic mass is 9.88. The van der Waals surface area contributed by atoms with Gasteiger partial charge in [0.05, 0.1) is 12.3 Å². The Morgan fingerprint density at radius 2 is 2.22 bits per heavy atom. The van der Waals surface area contributed by atoms with E-state index in [1.54, 1.807) is 18.7 Å². The first kappa shape index (κ1) is 15.3. The fourth-order valence-electron chi connectivity index (χ4n) is 3.57. The van der Waals surface area contributed by atoms with Crippen LogP contribution in [0.1, 0.15) is 37.8 Å². The molecule has 0 spiro atoms. The second-order valence-electron chi connectivity index (χ2n) is 5.94. The first-order chi connectivity index (χ1) is 11.0. The van der Waals surface area contributed by atoms with Crippen molar-refractivity contribution in [1.82, 2.24) is 0 Å². The van der Waals surface area contributed by atoms with E-state index in [2.05, 4.69) is 0 Å². The molecule has 2 unspecified atom stereocenters. The van der Waals surface area contributed by atoms with Gasteiger partial charge in [-0.2, -0.15) is 5.26 Å². The Morgan fingerprint density at radius 1 is 1.48 bits per heavy atom. The van der Waals surface area contributed by atoms with Gasteiger partial charge in [0.1, 0.15) is 17.6 Å². The molecule has 1 aromatic rings. The van der Waals surface area contributed by atoms with Crippen LogP contribution in [0, 0.1) is 11.3 Å². The summed E-state index contributed by atoms with van der Waals surface area (Å²) in [5.41, 5.74) is 3.06. The zero-order valence-electron chi connectivity index (χ0n) is 13.4. The molecule has 1 aromatic carbocycles. The van der Waals surface area contributed by atoms with E-state index in [4.69, 9.17) is 4.74 Å². The molecule has 0 N–H and O–H groups in total. The third-order valence-electron chi connectivity index (χ3n) is 4.55. The smallest absolute Gasteiger partial charge is 0.317 e. The van der Waals surface area contributed by atoms with Crippen molar-refractivity contribution >= 4 is 17.6 Å². The van der Waals surface area contributed by atoms with Gasteiger partial charge >= 0.3 is 5.97 Å². The second kappa shape index (κ2) is 5.54. The largest absolute Gasteiger partial charge is 0.465 e. The number of carbonyl (C=O) groups is 2. The lowest BCUT2D eigenvalue weighted by molar-refractivity contribution is -0.143. The number of rotatable bonds is 2. The molecule has 0 aliphatic carbocycles. The number of para-hydroxylation sites is 1. The summed E-state index contributed by atoms with van der Waals surface area (Å²) in [4.78, 5) is 27.0. The number of ether oxygens (including phenoxy) is 1. The molecule has 0 bridgehead atoms. The van der Waals surface area contributed by atoms with Crippen molar-refractivity contribution in [3.63, 3.8) is 0 Å². The van der Waals surface area contributed by atoms with Crippen molar-refractivity contribution in [3.8, 4) is 6.07 Å². The molecule has 5 heteroatoms. The Hall–Kier alpha value is -2.61. The molecule has 2 aliphatic rings. The van der Waals surface area contributed by atoms with Crippen LogP contribution in [0.15, 0.2) is 29.3 Å². The Labute approximate surface area is 135 Å². The average Bonchev–Trinajstić information content (AvgIpc) is 2.80. The number of amides is 1. The van der Waals surface area contributed by atoms with Crippen LogP contribution in [0.25, 0.3) is 0 Å². The summed E-state index contributed by atoms with van der Waals surface area (Å²) in [6.07, 6.45) is 0.724. The molecular weight excluding hydrogens is 292 g/mol. The maximum atomic E-state index is 12.8. The lowest BCUT2D eigenvalue weighted by Gasteiger charge is -2.23. The summed E-state index contributed by atoms with van der Waals surface area (Å²) in [6, 6.07) is 7.68. The zero-order valence-corrected chi connectivity index (χ0v) is 13.4. The molecule has 2 atom stereocenters. The molecule has 0 aromatic heterocycles. The minimum absolute atomic E-state index is 0.0317.